The number of ether oxygens (including phenoxy) is 1. The van der Waals surface area contributed by atoms with Crippen molar-refractivity contribution in [3.8, 4) is 5.75 Å². The Morgan fingerprint density at radius 1 is 1.27 bits per heavy atom. The number of benzene rings is 1. The number of anilines is 1. The number of carbonyl (C=O) groups excluding carboxylic acids is 1. The van der Waals surface area contributed by atoms with Crippen molar-refractivity contribution in [3.05, 3.63) is 40.5 Å². The predicted octanol–water partition coefficient (Wildman–Crippen LogP) is 4.18. The topological polar surface area (TPSA) is 56.2 Å². The lowest BCUT2D eigenvalue weighted by atomic mass is 10.3. The lowest BCUT2D eigenvalue weighted by molar-refractivity contribution is -0.122. The molecule has 1 aromatic heterocycles. The minimum Gasteiger partial charge on any atom is -0.479 e. The van der Waals surface area contributed by atoms with Crippen LogP contribution in [-0.4, -0.2) is 21.8 Å². The van der Waals surface area contributed by atoms with E-state index in [0.29, 0.717) is 21.6 Å². The number of rotatable bonds is 5. The quantitative estimate of drug-likeness (QED) is 0.887. The van der Waals surface area contributed by atoms with Crippen molar-refractivity contribution in [1.82, 2.24) is 9.78 Å². The molecule has 22 heavy (non-hydrogen) atoms. The van der Waals surface area contributed by atoms with Crippen molar-refractivity contribution in [2.45, 2.75) is 32.9 Å². The summed E-state index contributed by atoms with van der Waals surface area (Å²) in [6.45, 7) is 5.60. The van der Waals surface area contributed by atoms with Gasteiger partial charge in [-0.25, -0.2) is 4.68 Å². The third kappa shape index (κ3) is 3.93. The molecule has 7 heteroatoms. The van der Waals surface area contributed by atoms with Crippen molar-refractivity contribution in [2.24, 2.45) is 0 Å². The van der Waals surface area contributed by atoms with E-state index in [2.05, 4.69) is 10.4 Å². The number of nitrogens with zero attached hydrogens (tertiary/aromatic N) is 2. The lowest BCUT2D eigenvalue weighted by Gasteiger charge is -2.17. The summed E-state index contributed by atoms with van der Waals surface area (Å²) in [5, 5.41) is 7.84. The van der Waals surface area contributed by atoms with Crippen LogP contribution in [0.2, 0.25) is 10.0 Å². The van der Waals surface area contributed by atoms with Gasteiger partial charge in [-0.15, -0.1) is 0 Å². The summed E-state index contributed by atoms with van der Waals surface area (Å²) in [5.41, 5.74) is 0. The Hall–Kier alpha value is -1.72. The van der Waals surface area contributed by atoms with Crippen LogP contribution in [-0.2, 0) is 4.79 Å². The Bertz CT molecular complexity index is 671. The number of halogens is 2. The fourth-order valence-electron chi connectivity index (χ4n) is 1.86. The summed E-state index contributed by atoms with van der Waals surface area (Å²) < 4.78 is 7.30. The highest BCUT2D eigenvalue weighted by Crippen LogP contribution is 2.28. The second kappa shape index (κ2) is 7.03. The van der Waals surface area contributed by atoms with Gasteiger partial charge in [0.05, 0.1) is 11.2 Å². The summed E-state index contributed by atoms with van der Waals surface area (Å²) in [5.74, 6) is 0.695. The molecule has 1 amide bonds. The van der Waals surface area contributed by atoms with Crippen LogP contribution < -0.4 is 10.1 Å². The number of nitrogens with one attached hydrogen (secondary N) is 1. The summed E-state index contributed by atoms with van der Waals surface area (Å²) in [7, 11) is 0. The highest BCUT2D eigenvalue weighted by atomic mass is 35.5. The molecule has 1 N–H and O–H groups in total. The molecule has 0 saturated heterocycles. The van der Waals surface area contributed by atoms with Gasteiger partial charge in [-0.2, -0.15) is 5.10 Å². The van der Waals surface area contributed by atoms with E-state index in [1.54, 1.807) is 42.1 Å². The zero-order valence-electron chi connectivity index (χ0n) is 12.5. The molecule has 0 aliphatic heterocycles. The van der Waals surface area contributed by atoms with E-state index >= 15 is 0 Å². The van der Waals surface area contributed by atoms with Crippen LogP contribution in [0.4, 0.5) is 5.82 Å². The zero-order chi connectivity index (χ0) is 16.3. The SMILES string of the molecule is CC(C)n1nccc1NC(=O)[C@@H](C)Oc1cc(Cl)ccc1Cl. The van der Waals surface area contributed by atoms with Crippen molar-refractivity contribution in [1.29, 1.82) is 0 Å². The van der Waals surface area contributed by atoms with Gasteiger partial charge in [0.2, 0.25) is 0 Å². The van der Waals surface area contributed by atoms with Crippen LogP contribution in [0.5, 0.6) is 5.75 Å². The van der Waals surface area contributed by atoms with Gasteiger partial charge < -0.3 is 10.1 Å². The second-order valence-electron chi connectivity index (χ2n) is 5.08. The maximum Gasteiger partial charge on any atom is 0.266 e. The minimum absolute atomic E-state index is 0.142. The highest BCUT2D eigenvalue weighted by Gasteiger charge is 2.18. The molecule has 0 aliphatic rings. The minimum atomic E-state index is -0.730. The Morgan fingerprint density at radius 3 is 2.68 bits per heavy atom. The van der Waals surface area contributed by atoms with E-state index in [9.17, 15) is 4.79 Å². The van der Waals surface area contributed by atoms with Gasteiger partial charge in [0.15, 0.2) is 6.10 Å². The summed E-state index contributed by atoms with van der Waals surface area (Å²) in [6, 6.07) is 6.73. The molecular formula is C15H17Cl2N3O2. The molecule has 0 spiro atoms. The summed E-state index contributed by atoms with van der Waals surface area (Å²) in [6.07, 6.45) is 0.904. The van der Waals surface area contributed by atoms with Crippen LogP contribution in [0.15, 0.2) is 30.5 Å². The molecule has 2 aromatic rings. The van der Waals surface area contributed by atoms with E-state index in [0.717, 1.165) is 0 Å². The van der Waals surface area contributed by atoms with Crippen LogP contribution in [0.25, 0.3) is 0 Å². The predicted molar refractivity (Wildman–Crippen MR) is 87.8 cm³/mol. The van der Waals surface area contributed by atoms with Gasteiger partial charge in [0.25, 0.3) is 5.91 Å². The average Bonchev–Trinajstić information content (AvgIpc) is 2.91. The first kappa shape index (κ1) is 16.6. The Balaban J connectivity index is 2.06. The number of amides is 1. The fraction of sp³-hybridized carbons (Fsp3) is 0.333. The molecule has 1 aromatic carbocycles. The molecule has 0 aliphatic carbocycles. The first-order valence-corrected chi connectivity index (χ1v) is 7.60. The van der Waals surface area contributed by atoms with Gasteiger partial charge in [-0.1, -0.05) is 23.2 Å². The molecule has 0 unspecified atom stereocenters. The number of hydrogen-bond donors (Lipinski definition) is 1. The van der Waals surface area contributed by atoms with Crippen molar-refractivity contribution in [3.63, 3.8) is 0 Å². The molecule has 118 valence electrons. The van der Waals surface area contributed by atoms with E-state index in [1.807, 2.05) is 13.8 Å². The van der Waals surface area contributed by atoms with E-state index in [4.69, 9.17) is 27.9 Å². The van der Waals surface area contributed by atoms with Crippen LogP contribution in [0.1, 0.15) is 26.8 Å². The Labute approximate surface area is 139 Å². The van der Waals surface area contributed by atoms with E-state index < -0.39 is 6.10 Å². The summed E-state index contributed by atoms with van der Waals surface area (Å²) >= 11 is 11.9. The average molecular weight is 342 g/mol. The van der Waals surface area contributed by atoms with Gasteiger partial charge in [-0.3, -0.25) is 4.79 Å². The molecule has 5 nitrogen and oxygen atoms in total. The number of aromatic nitrogens is 2. The van der Waals surface area contributed by atoms with Gasteiger partial charge in [-0.05, 0) is 32.9 Å². The normalized spacial score (nSPS) is 12.3. The van der Waals surface area contributed by atoms with Crippen molar-refractivity contribution in [2.75, 3.05) is 5.32 Å². The molecular weight excluding hydrogens is 325 g/mol. The molecule has 0 saturated carbocycles. The molecule has 2 rings (SSSR count). The highest BCUT2D eigenvalue weighted by molar-refractivity contribution is 6.34. The fourth-order valence-corrected chi connectivity index (χ4v) is 2.19. The van der Waals surface area contributed by atoms with Gasteiger partial charge in [0.1, 0.15) is 11.6 Å². The smallest absolute Gasteiger partial charge is 0.266 e. The van der Waals surface area contributed by atoms with Crippen molar-refractivity contribution < 1.29 is 9.53 Å². The monoisotopic (exact) mass is 341 g/mol. The standard InChI is InChI=1S/C15H17Cl2N3O2/c1-9(2)20-14(6-7-18-20)19-15(21)10(3)22-13-8-11(16)4-5-12(13)17/h4-10H,1-3H3,(H,19,21)/t10-/m1/s1. The molecule has 1 heterocycles. The maximum absolute atomic E-state index is 12.2. The molecule has 0 fully saturated rings. The lowest BCUT2D eigenvalue weighted by Crippen LogP contribution is -2.31. The van der Waals surface area contributed by atoms with Crippen LogP contribution in [0.3, 0.4) is 0 Å². The first-order chi connectivity index (χ1) is 10.4. The molecule has 0 bridgehead atoms. The van der Waals surface area contributed by atoms with Crippen LogP contribution >= 0.6 is 23.2 Å². The molecule has 1 atom stereocenters. The largest absolute Gasteiger partial charge is 0.479 e. The Kier molecular flexibility index (Phi) is 5.32. The number of carbonyl (C=O) groups is 1. The van der Waals surface area contributed by atoms with E-state index in [1.165, 1.54) is 0 Å². The zero-order valence-corrected chi connectivity index (χ0v) is 14.0. The van der Waals surface area contributed by atoms with Gasteiger partial charge in [0, 0.05) is 23.2 Å². The molecule has 0 radical (unpaired) electrons. The third-order valence-electron chi connectivity index (χ3n) is 2.98. The maximum atomic E-state index is 12.2. The summed E-state index contributed by atoms with van der Waals surface area (Å²) in [4.78, 5) is 12.2. The number of hydrogen-bond acceptors (Lipinski definition) is 3. The van der Waals surface area contributed by atoms with E-state index in [-0.39, 0.29) is 11.9 Å². The first-order valence-electron chi connectivity index (χ1n) is 6.84. The second-order valence-corrected chi connectivity index (χ2v) is 5.92. The Morgan fingerprint density at radius 2 is 2.00 bits per heavy atom. The van der Waals surface area contributed by atoms with Crippen molar-refractivity contribution >= 4 is 34.9 Å². The third-order valence-corrected chi connectivity index (χ3v) is 3.52. The van der Waals surface area contributed by atoms with Crippen LogP contribution in [0, 0.1) is 0 Å². The van der Waals surface area contributed by atoms with Gasteiger partial charge >= 0.3 is 0 Å².